The number of carbonyl (C=O) groups excluding carboxylic acids is 2. The van der Waals surface area contributed by atoms with Crippen LogP contribution in [0.4, 0.5) is 0 Å². The Bertz CT molecular complexity index is 572. The third-order valence-corrected chi connectivity index (χ3v) is 4.28. The zero-order valence-electron chi connectivity index (χ0n) is 12.3. The number of carbonyl (C=O) groups is 2. The summed E-state index contributed by atoms with van der Waals surface area (Å²) in [5, 5.41) is 0.633. The lowest BCUT2D eigenvalue weighted by Crippen LogP contribution is -2.58. The molecular weight excluding hydrogens is 304 g/mol. The summed E-state index contributed by atoms with van der Waals surface area (Å²) in [6.45, 7) is 2.02. The first-order chi connectivity index (χ1) is 10.6. The van der Waals surface area contributed by atoms with Crippen LogP contribution in [0.1, 0.15) is 19.3 Å². The number of piperidine rings is 1. The van der Waals surface area contributed by atoms with Gasteiger partial charge in [-0.2, -0.15) is 0 Å². The number of hydrogen-bond donors (Lipinski definition) is 0. The topological polar surface area (TPSA) is 49.9 Å². The zero-order chi connectivity index (χ0) is 15.5. The molecule has 2 fully saturated rings. The summed E-state index contributed by atoms with van der Waals surface area (Å²) in [7, 11) is 0. The molecule has 0 atom stereocenters. The Morgan fingerprint density at radius 2 is 2.14 bits per heavy atom. The molecule has 1 aromatic rings. The molecular formula is C16H19ClN2O3. The summed E-state index contributed by atoms with van der Waals surface area (Å²) in [6, 6.07) is 7.24. The van der Waals surface area contributed by atoms with E-state index in [9.17, 15) is 9.59 Å². The van der Waals surface area contributed by atoms with Gasteiger partial charge in [0.2, 0.25) is 11.8 Å². The zero-order valence-corrected chi connectivity index (χ0v) is 13.1. The second-order valence-electron chi connectivity index (χ2n) is 5.77. The van der Waals surface area contributed by atoms with Gasteiger partial charge in [-0.25, -0.2) is 0 Å². The van der Waals surface area contributed by atoms with Crippen LogP contribution in [0.5, 0.6) is 5.75 Å². The van der Waals surface area contributed by atoms with E-state index >= 15 is 0 Å². The maximum atomic E-state index is 12.1. The van der Waals surface area contributed by atoms with E-state index in [1.165, 1.54) is 0 Å². The molecule has 0 aliphatic carbocycles. The number of rotatable bonds is 4. The van der Waals surface area contributed by atoms with E-state index < -0.39 is 0 Å². The number of hydrogen-bond acceptors (Lipinski definition) is 3. The standard InChI is InChI=1S/C16H19ClN2O3/c17-12-4-3-5-13(8-12)22-14-9-19(10-14)16(21)11-18-7-2-1-6-15(18)20/h3-5,8,14H,1-2,6-7,9-11H2. The fraction of sp³-hybridized carbons (Fsp3) is 0.500. The fourth-order valence-corrected chi connectivity index (χ4v) is 2.92. The number of halogens is 1. The lowest BCUT2D eigenvalue weighted by molar-refractivity contribution is -0.147. The van der Waals surface area contributed by atoms with Crippen molar-refractivity contribution >= 4 is 23.4 Å². The van der Waals surface area contributed by atoms with Gasteiger partial charge in [-0.15, -0.1) is 0 Å². The van der Waals surface area contributed by atoms with Crippen molar-refractivity contribution in [1.29, 1.82) is 0 Å². The van der Waals surface area contributed by atoms with Gasteiger partial charge < -0.3 is 14.5 Å². The molecule has 6 heteroatoms. The van der Waals surface area contributed by atoms with Crippen molar-refractivity contribution in [2.75, 3.05) is 26.2 Å². The molecule has 2 aliphatic rings. The molecule has 0 bridgehead atoms. The lowest BCUT2D eigenvalue weighted by Gasteiger charge is -2.40. The minimum absolute atomic E-state index is 0.000487. The fourth-order valence-electron chi connectivity index (χ4n) is 2.74. The summed E-state index contributed by atoms with van der Waals surface area (Å²) in [5.41, 5.74) is 0. The lowest BCUT2D eigenvalue weighted by atomic mass is 10.1. The molecule has 0 spiro atoms. The van der Waals surface area contributed by atoms with Crippen LogP contribution in [0.3, 0.4) is 0 Å². The molecule has 0 saturated carbocycles. The Balaban J connectivity index is 1.44. The predicted octanol–water partition coefficient (Wildman–Crippen LogP) is 1.94. The molecule has 2 heterocycles. The summed E-state index contributed by atoms with van der Waals surface area (Å²) < 4.78 is 5.76. The van der Waals surface area contributed by atoms with E-state index in [1.54, 1.807) is 21.9 Å². The molecule has 2 saturated heterocycles. The molecule has 0 aromatic heterocycles. The molecule has 2 aliphatic heterocycles. The Morgan fingerprint density at radius 3 is 2.86 bits per heavy atom. The van der Waals surface area contributed by atoms with Crippen molar-refractivity contribution in [3.8, 4) is 5.75 Å². The SMILES string of the molecule is O=C1CCCCN1CC(=O)N1CC(Oc2cccc(Cl)c2)C1. The Kier molecular flexibility index (Phi) is 4.52. The Labute approximate surface area is 134 Å². The number of likely N-dealkylation sites (tertiary alicyclic amines) is 2. The van der Waals surface area contributed by atoms with Gasteiger partial charge in [-0.05, 0) is 31.0 Å². The van der Waals surface area contributed by atoms with Crippen LogP contribution in [0.25, 0.3) is 0 Å². The van der Waals surface area contributed by atoms with Crippen molar-refractivity contribution in [3.63, 3.8) is 0 Å². The first kappa shape index (κ1) is 15.2. The van der Waals surface area contributed by atoms with Crippen molar-refractivity contribution in [1.82, 2.24) is 9.80 Å². The molecule has 22 heavy (non-hydrogen) atoms. The summed E-state index contributed by atoms with van der Waals surface area (Å²) in [5.74, 6) is 0.809. The second kappa shape index (κ2) is 6.57. The summed E-state index contributed by atoms with van der Waals surface area (Å²) in [4.78, 5) is 27.3. The maximum absolute atomic E-state index is 12.1. The minimum Gasteiger partial charge on any atom is -0.487 e. The summed E-state index contributed by atoms with van der Waals surface area (Å²) >= 11 is 5.91. The molecule has 0 N–H and O–H groups in total. The number of benzene rings is 1. The average molecular weight is 323 g/mol. The molecule has 5 nitrogen and oxygen atoms in total. The smallest absolute Gasteiger partial charge is 0.242 e. The van der Waals surface area contributed by atoms with Crippen molar-refractivity contribution < 1.29 is 14.3 Å². The van der Waals surface area contributed by atoms with Gasteiger partial charge in [-0.3, -0.25) is 9.59 Å². The van der Waals surface area contributed by atoms with Gasteiger partial charge in [0.15, 0.2) is 0 Å². The van der Waals surface area contributed by atoms with Gasteiger partial charge in [-0.1, -0.05) is 17.7 Å². The van der Waals surface area contributed by atoms with Crippen LogP contribution < -0.4 is 4.74 Å². The van der Waals surface area contributed by atoms with E-state index in [1.807, 2.05) is 12.1 Å². The second-order valence-corrected chi connectivity index (χ2v) is 6.20. The quantitative estimate of drug-likeness (QED) is 0.851. The number of amides is 2. The Hall–Kier alpha value is -1.75. The Morgan fingerprint density at radius 1 is 1.32 bits per heavy atom. The first-order valence-electron chi connectivity index (χ1n) is 7.59. The molecule has 118 valence electrons. The van der Waals surface area contributed by atoms with Gasteiger partial charge in [0.25, 0.3) is 0 Å². The predicted molar refractivity (Wildman–Crippen MR) is 82.9 cm³/mol. The highest BCUT2D eigenvalue weighted by molar-refractivity contribution is 6.30. The number of nitrogens with zero attached hydrogens (tertiary/aromatic N) is 2. The van der Waals surface area contributed by atoms with Gasteiger partial charge in [0.1, 0.15) is 11.9 Å². The van der Waals surface area contributed by atoms with Gasteiger partial charge >= 0.3 is 0 Å². The van der Waals surface area contributed by atoms with E-state index in [2.05, 4.69) is 0 Å². The third-order valence-electron chi connectivity index (χ3n) is 4.05. The summed E-state index contributed by atoms with van der Waals surface area (Å²) in [6.07, 6.45) is 2.48. The highest BCUT2D eigenvalue weighted by Gasteiger charge is 2.33. The van der Waals surface area contributed by atoms with Crippen LogP contribution in [-0.2, 0) is 9.59 Å². The normalized spacial score (nSPS) is 19.0. The first-order valence-corrected chi connectivity index (χ1v) is 7.97. The van der Waals surface area contributed by atoms with Crippen molar-refractivity contribution in [2.45, 2.75) is 25.4 Å². The molecule has 0 unspecified atom stereocenters. The molecule has 1 aromatic carbocycles. The highest BCUT2D eigenvalue weighted by atomic mass is 35.5. The van der Waals surface area contributed by atoms with E-state index in [4.69, 9.17) is 16.3 Å². The largest absolute Gasteiger partial charge is 0.487 e. The van der Waals surface area contributed by atoms with Crippen molar-refractivity contribution in [2.24, 2.45) is 0 Å². The van der Waals surface area contributed by atoms with E-state index in [0.717, 1.165) is 18.6 Å². The maximum Gasteiger partial charge on any atom is 0.242 e. The van der Waals surface area contributed by atoms with Crippen LogP contribution in [-0.4, -0.2) is 53.9 Å². The monoisotopic (exact) mass is 322 g/mol. The van der Waals surface area contributed by atoms with Crippen LogP contribution in [0.2, 0.25) is 5.02 Å². The van der Waals surface area contributed by atoms with Gasteiger partial charge in [0.05, 0.1) is 19.6 Å². The van der Waals surface area contributed by atoms with Crippen molar-refractivity contribution in [3.05, 3.63) is 29.3 Å². The third kappa shape index (κ3) is 3.53. The van der Waals surface area contributed by atoms with Gasteiger partial charge in [0, 0.05) is 18.0 Å². The van der Waals surface area contributed by atoms with E-state index in [-0.39, 0.29) is 24.5 Å². The van der Waals surface area contributed by atoms with Crippen LogP contribution in [0.15, 0.2) is 24.3 Å². The minimum atomic E-state index is -0.000487. The molecule has 0 radical (unpaired) electrons. The highest BCUT2D eigenvalue weighted by Crippen LogP contribution is 2.22. The van der Waals surface area contributed by atoms with Crippen LogP contribution in [0, 0.1) is 0 Å². The average Bonchev–Trinajstić information content (AvgIpc) is 2.45. The van der Waals surface area contributed by atoms with E-state index in [0.29, 0.717) is 31.1 Å². The van der Waals surface area contributed by atoms with Crippen LogP contribution >= 0.6 is 11.6 Å². The molecule has 3 rings (SSSR count). The number of ether oxygens (including phenoxy) is 1. The molecule has 2 amide bonds.